The Bertz CT molecular complexity index is 647. The van der Waals surface area contributed by atoms with Crippen LogP contribution in [0, 0.1) is 0 Å². The van der Waals surface area contributed by atoms with E-state index in [0.29, 0.717) is 24.4 Å². The predicted octanol–water partition coefficient (Wildman–Crippen LogP) is 0.437. The van der Waals surface area contributed by atoms with Gasteiger partial charge in [-0.05, 0) is 18.6 Å². The maximum atomic E-state index is 11.8. The number of nitrogens with two attached hydrogens (primary N) is 1. The Morgan fingerprint density at radius 1 is 1.39 bits per heavy atom. The van der Waals surface area contributed by atoms with E-state index in [2.05, 4.69) is 10.3 Å². The number of fused-ring (bicyclic) bond motifs is 1. The summed E-state index contributed by atoms with van der Waals surface area (Å²) in [6.07, 6.45) is 4.26. The third kappa shape index (κ3) is 1.62. The van der Waals surface area contributed by atoms with Gasteiger partial charge in [0, 0.05) is 18.3 Å². The number of hydrogen-bond acceptors (Lipinski definition) is 4. The molecular weight excluding hydrogens is 232 g/mol. The fraction of sp³-hybridized carbons (Fsp3) is 0.250. The number of rotatable bonds is 1. The van der Waals surface area contributed by atoms with Crippen LogP contribution in [0.15, 0.2) is 24.5 Å². The minimum atomic E-state index is -0.396. The number of nitrogens with one attached hydrogen (secondary N) is 1. The zero-order valence-corrected chi connectivity index (χ0v) is 9.59. The van der Waals surface area contributed by atoms with Crippen molar-refractivity contribution in [2.24, 2.45) is 0 Å². The summed E-state index contributed by atoms with van der Waals surface area (Å²) in [7, 11) is 0. The number of hydrogen-bond donors (Lipinski definition) is 2. The van der Waals surface area contributed by atoms with Crippen LogP contribution in [-0.4, -0.2) is 21.2 Å². The fourth-order valence-electron chi connectivity index (χ4n) is 2.22. The Kier molecular flexibility index (Phi) is 2.29. The van der Waals surface area contributed by atoms with Gasteiger partial charge in [0.1, 0.15) is 5.82 Å². The van der Waals surface area contributed by atoms with Crippen molar-refractivity contribution in [1.29, 1.82) is 0 Å². The number of carbonyl (C=O) groups is 2. The van der Waals surface area contributed by atoms with Gasteiger partial charge in [0.25, 0.3) is 0 Å². The smallest absolute Gasteiger partial charge is 0.237 e. The molecule has 2 aromatic heterocycles. The molecule has 1 atom stereocenters. The summed E-state index contributed by atoms with van der Waals surface area (Å²) in [5.41, 5.74) is 7.22. The van der Waals surface area contributed by atoms with Crippen molar-refractivity contribution < 1.29 is 9.59 Å². The van der Waals surface area contributed by atoms with Crippen LogP contribution < -0.4 is 11.1 Å². The van der Waals surface area contributed by atoms with Gasteiger partial charge in [0.05, 0.1) is 17.6 Å². The Hall–Kier alpha value is -2.37. The normalized spacial score (nSPS) is 20.1. The number of imide groups is 1. The second kappa shape index (κ2) is 3.83. The molecule has 92 valence electrons. The topological polar surface area (TPSA) is 89.5 Å². The highest BCUT2D eigenvalue weighted by molar-refractivity contribution is 6.00. The van der Waals surface area contributed by atoms with Crippen LogP contribution in [0.4, 0.5) is 5.69 Å². The Morgan fingerprint density at radius 3 is 3.00 bits per heavy atom. The number of anilines is 1. The van der Waals surface area contributed by atoms with Crippen LogP contribution in [0.2, 0.25) is 0 Å². The predicted molar refractivity (Wildman–Crippen MR) is 64.7 cm³/mol. The van der Waals surface area contributed by atoms with E-state index >= 15 is 0 Å². The summed E-state index contributed by atoms with van der Waals surface area (Å²) in [6, 6.07) is 3.63. The summed E-state index contributed by atoms with van der Waals surface area (Å²) in [5, 5.41) is 2.33. The molecule has 3 rings (SSSR count). The van der Waals surface area contributed by atoms with Gasteiger partial charge in [0.15, 0.2) is 0 Å². The maximum absolute atomic E-state index is 11.8. The number of amides is 2. The van der Waals surface area contributed by atoms with E-state index in [0.717, 1.165) is 5.52 Å². The van der Waals surface area contributed by atoms with Crippen LogP contribution in [0.25, 0.3) is 5.52 Å². The van der Waals surface area contributed by atoms with Gasteiger partial charge in [-0.3, -0.25) is 14.9 Å². The number of carbonyl (C=O) groups excluding carboxylic acids is 2. The lowest BCUT2D eigenvalue weighted by Crippen LogP contribution is -2.40. The number of piperidine rings is 1. The van der Waals surface area contributed by atoms with Gasteiger partial charge in [-0.2, -0.15) is 0 Å². The summed E-state index contributed by atoms with van der Waals surface area (Å²) in [4.78, 5) is 27.2. The molecule has 2 amide bonds. The Morgan fingerprint density at radius 2 is 2.22 bits per heavy atom. The first-order valence-electron chi connectivity index (χ1n) is 5.71. The zero-order chi connectivity index (χ0) is 12.7. The van der Waals surface area contributed by atoms with Crippen LogP contribution in [0.5, 0.6) is 0 Å². The highest BCUT2D eigenvalue weighted by Crippen LogP contribution is 2.25. The van der Waals surface area contributed by atoms with E-state index in [1.54, 1.807) is 22.9 Å². The van der Waals surface area contributed by atoms with Crippen LogP contribution in [0.3, 0.4) is 0 Å². The first-order valence-corrected chi connectivity index (χ1v) is 5.71. The first-order chi connectivity index (χ1) is 8.65. The van der Waals surface area contributed by atoms with E-state index in [4.69, 9.17) is 5.73 Å². The minimum Gasteiger partial charge on any atom is -0.398 e. The third-order valence-corrected chi connectivity index (χ3v) is 3.13. The summed E-state index contributed by atoms with van der Waals surface area (Å²) in [6.45, 7) is 0. The molecule has 0 saturated carbocycles. The van der Waals surface area contributed by atoms with Crippen molar-refractivity contribution in [3.8, 4) is 0 Å². The molecule has 2 aromatic rings. The second-order valence-electron chi connectivity index (χ2n) is 4.38. The number of aromatic nitrogens is 2. The Balaban J connectivity index is 2.06. The van der Waals surface area contributed by atoms with Gasteiger partial charge in [-0.1, -0.05) is 0 Å². The average Bonchev–Trinajstić information content (AvgIpc) is 2.72. The lowest BCUT2D eigenvalue weighted by atomic mass is 9.97. The van der Waals surface area contributed by atoms with Gasteiger partial charge >= 0.3 is 0 Å². The number of pyridine rings is 1. The molecule has 1 fully saturated rings. The van der Waals surface area contributed by atoms with E-state index < -0.39 is 5.92 Å². The van der Waals surface area contributed by atoms with Gasteiger partial charge in [-0.25, -0.2) is 4.98 Å². The molecule has 6 heteroatoms. The lowest BCUT2D eigenvalue weighted by molar-refractivity contribution is -0.134. The quantitative estimate of drug-likeness (QED) is 0.712. The summed E-state index contributed by atoms with van der Waals surface area (Å²) in [5.74, 6) is -0.285. The standard InChI is InChI=1S/C12H12N4O2/c13-7-1-2-8-5-14-11(16(8)6-7)9-3-4-10(17)15-12(9)18/h1-2,5-6,9H,3-4,13H2,(H,15,17,18). The Labute approximate surface area is 103 Å². The van der Waals surface area contributed by atoms with Crippen molar-refractivity contribution in [3.63, 3.8) is 0 Å². The largest absolute Gasteiger partial charge is 0.398 e. The molecule has 0 spiro atoms. The number of imidazole rings is 1. The highest BCUT2D eigenvalue weighted by Gasteiger charge is 2.30. The van der Waals surface area contributed by atoms with Crippen molar-refractivity contribution in [3.05, 3.63) is 30.4 Å². The molecule has 6 nitrogen and oxygen atoms in total. The molecule has 3 heterocycles. The fourth-order valence-corrected chi connectivity index (χ4v) is 2.22. The maximum Gasteiger partial charge on any atom is 0.237 e. The molecule has 1 saturated heterocycles. The highest BCUT2D eigenvalue weighted by atomic mass is 16.2. The van der Waals surface area contributed by atoms with Crippen molar-refractivity contribution >= 4 is 23.0 Å². The van der Waals surface area contributed by atoms with Crippen LogP contribution in [-0.2, 0) is 9.59 Å². The molecule has 3 N–H and O–H groups in total. The molecular formula is C12H12N4O2. The molecule has 1 unspecified atom stereocenters. The zero-order valence-electron chi connectivity index (χ0n) is 9.59. The SMILES string of the molecule is Nc1ccc2cnc(C3CCC(=O)NC3=O)n2c1. The molecule has 0 aliphatic carbocycles. The first kappa shape index (κ1) is 10.8. The van der Waals surface area contributed by atoms with Crippen molar-refractivity contribution in [1.82, 2.24) is 14.7 Å². The monoisotopic (exact) mass is 244 g/mol. The van der Waals surface area contributed by atoms with Gasteiger partial charge in [-0.15, -0.1) is 0 Å². The van der Waals surface area contributed by atoms with Gasteiger partial charge in [0.2, 0.25) is 11.8 Å². The third-order valence-electron chi connectivity index (χ3n) is 3.13. The summed E-state index contributed by atoms with van der Waals surface area (Å²) < 4.78 is 1.80. The van der Waals surface area contributed by atoms with Crippen molar-refractivity contribution in [2.45, 2.75) is 18.8 Å². The molecule has 1 aliphatic rings. The lowest BCUT2D eigenvalue weighted by Gasteiger charge is -2.19. The molecule has 1 aliphatic heterocycles. The molecule has 18 heavy (non-hydrogen) atoms. The second-order valence-corrected chi connectivity index (χ2v) is 4.38. The minimum absolute atomic E-state index is 0.225. The summed E-state index contributed by atoms with van der Waals surface area (Å²) >= 11 is 0. The van der Waals surface area contributed by atoms with Gasteiger partial charge < -0.3 is 10.1 Å². The van der Waals surface area contributed by atoms with E-state index in [1.165, 1.54) is 0 Å². The average molecular weight is 244 g/mol. The molecule has 0 bridgehead atoms. The van der Waals surface area contributed by atoms with Crippen LogP contribution in [0.1, 0.15) is 24.6 Å². The van der Waals surface area contributed by atoms with Crippen molar-refractivity contribution in [2.75, 3.05) is 5.73 Å². The van der Waals surface area contributed by atoms with E-state index in [1.807, 2.05) is 6.07 Å². The number of nitrogens with zero attached hydrogens (tertiary/aromatic N) is 2. The molecule has 0 aromatic carbocycles. The number of nitrogen functional groups attached to an aromatic ring is 1. The molecule has 0 radical (unpaired) electrons. The van der Waals surface area contributed by atoms with E-state index in [-0.39, 0.29) is 11.8 Å². The van der Waals surface area contributed by atoms with Crippen LogP contribution >= 0.6 is 0 Å². The van der Waals surface area contributed by atoms with E-state index in [9.17, 15) is 9.59 Å².